The van der Waals surface area contributed by atoms with Crippen LogP contribution in [0.5, 0.6) is 0 Å². The van der Waals surface area contributed by atoms with E-state index in [0.717, 1.165) is 18.4 Å². The highest BCUT2D eigenvalue weighted by molar-refractivity contribution is 4.85. The Morgan fingerprint density at radius 3 is 2.53 bits per heavy atom. The van der Waals surface area contributed by atoms with E-state index in [1.807, 2.05) is 0 Å². The number of nitrogens with one attached hydrogen (secondary N) is 1. The number of hydrogen-bond acceptors (Lipinski definition) is 1. The summed E-state index contributed by atoms with van der Waals surface area (Å²) in [6.45, 7) is 11.8. The molecule has 1 saturated carbocycles. The van der Waals surface area contributed by atoms with Gasteiger partial charge in [-0.25, -0.2) is 0 Å². The van der Waals surface area contributed by atoms with Crippen LogP contribution < -0.4 is 5.32 Å². The molecule has 0 radical (unpaired) electrons. The summed E-state index contributed by atoms with van der Waals surface area (Å²) in [5.41, 5.74) is 0.600. The Balaban J connectivity index is 2.47. The molecule has 0 saturated heterocycles. The molecule has 15 heavy (non-hydrogen) atoms. The molecule has 1 aliphatic carbocycles. The van der Waals surface area contributed by atoms with Crippen LogP contribution in [0.3, 0.4) is 0 Å². The lowest BCUT2D eigenvalue weighted by molar-refractivity contribution is 0.109. The number of hydrogen-bond donors (Lipinski definition) is 1. The largest absolute Gasteiger partial charge is 0.317 e. The maximum Gasteiger partial charge on any atom is -0.00180 e. The van der Waals surface area contributed by atoms with E-state index in [2.05, 4.69) is 33.0 Å². The summed E-state index contributed by atoms with van der Waals surface area (Å²) in [7, 11) is 0. The molecule has 90 valence electrons. The summed E-state index contributed by atoms with van der Waals surface area (Å²) in [6, 6.07) is 0. The van der Waals surface area contributed by atoms with Gasteiger partial charge in [-0.3, -0.25) is 0 Å². The molecular weight excluding hydrogens is 182 g/mol. The molecule has 1 N–H and O–H groups in total. The molecule has 2 atom stereocenters. The van der Waals surface area contributed by atoms with Gasteiger partial charge >= 0.3 is 0 Å². The maximum absolute atomic E-state index is 3.53. The summed E-state index contributed by atoms with van der Waals surface area (Å²) in [6.07, 6.45) is 7.08. The second kappa shape index (κ2) is 5.89. The van der Waals surface area contributed by atoms with Crippen LogP contribution in [0.4, 0.5) is 0 Å². The zero-order valence-electron chi connectivity index (χ0n) is 11.1. The van der Waals surface area contributed by atoms with Gasteiger partial charge in [-0.2, -0.15) is 0 Å². The molecule has 1 rings (SSSR count). The van der Waals surface area contributed by atoms with E-state index >= 15 is 0 Å². The second-order valence-corrected chi connectivity index (χ2v) is 6.02. The van der Waals surface area contributed by atoms with E-state index in [0.29, 0.717) is 5.41 Å². The van der Waals surface area contributed by atoms with Crippen molar-refractivity contribution >= 4 is 0 Å². The van der Waals surface area contributed by atoms with Gasteiger partial charge in [0.15, 0.2) is 0 Å². The highest BCUT2D eigenvalue weighted by Crippen LogP contribution is 2.43. The molecule has 0 aromatic rings. The van der Waals surface area contributed by atoms with Crippen LogP contribution in [0.15, 0.2) is 0 Å². The van der Waals surface area contributed by atoms with Crippen LogP contribution in [0, 0.1) is 17.3 Å². The van der Waals surface area contributed by atoms with Crippen LogP contribution >= 0.6 is 0 Å². The first-order valence-electron chi connectivity index (χ1n) is 6.79. The van der Waals surface area contributed by atoms with Gasteiger partial charge in [-0.05, 0) is 49.6 Å². The minimum absolute atomic E-state index is 0.600. The Morgan fingerprint density at radius 2 is 1.93 bits per heavy atom. The predicted octanol–water partition coefficient (Wildman–Crippen LogP) is 3.84. The van der Waals surface area contributed by atoms with Gasteiger partial charge in [0.05, 0.1) is 0 Å². The average molecular weight is 211 g/mol. The lowest BCUT2D eigenvalue weighted by Crippen LogP contribution is -2.35. The van der Waals surface area contributed by atoms with Crippen LogP contribution in [-0.2, 0) is 0 Å². The third-order valence-corrected chi connectivity index (χ3v) is 3.99. The first kappa shape index (κ1) is 13.0. The molecule has 1 heteroatoms. The van der Waals surface area contributed by atoms with Gasteiger partial charge in [-0.15, -0.1) is 0 Å². The highest BCUT2D eigenvalue weighted by atomic mass is 14.8. The topological polar surface area (TPSA) is 12.0 Å². The SMILES string of the molecule is CCCC1CC(C)(C)CCC1CNCC. The third-order valence-electron chi connectivity index (χ3n) is 3.99. The van der Waals surface area contributed by atoms with E-state index in [4.69, 9.17) is 0 Å². The molecule has 0 aliphatic heterocycles. The lowest BCUT2D eigenvalue weighted by Gasteiger charge is -2.41. The molecule has 2 unspecified atom stereocenters. The fourth-order valence-electron chi connectivity index (χ4n) is 3.10. The van der Waals surface area contributed by atoms with Gasteiger partial charge in [-0.1, -0.05) is 40.5 Å². The van der Waals surface area contributed by atoms with Gasteiger partial charge in [0.25, 0.3) is 0 Å². The molecule has 1 fully saturated rings. The van der Waals surface area contributed by atoms with E-state index in [-0.39, 0.29) is 0 Å². The predicted molar refractivity (Wildman–Crippen MR) is 68.1 cm³/mol. The minimum atomic E-state index is 0.600. The molecule has 0 bridgehead atoms. The zero-order valence-corrected chi connectivity index (χ0v) is 11.1. The molecule has 0 heterocycles. The molecule has 0 spiro atoms. The van der Waals surface area contributed by atoms with Crippen molar-refractivity contribution in [2.75, 3.05) is 13.1 Å². The third kappa shape index (κ3) is 4.14. The molecule has 0 amide bonds. The summed E-state index contributed by atoms with van der Waals surface area (Å²) in [5.74, 6) is 1.91. The summed E-state index contributed by atoms with van der Waals surface area (Å²) in [4.78, 5) is 0. The Labute approximate surface area is 96.0 Å². The standard InChI is InChI=1S/C14H29N/c1-5-7-12-10-14(3,4)9-8-13(12)11-15-6-2/h12-13,15H,5-11H2,1-4H3. The van der Waals surface area contributed by atoms with Crippen LogP contribution in [0.1, 0.15) is 59.8 Å². The smallest absolute Gasteiger partial charge is 0.00180 e. The fraction of sp³-hybridized carbons (Fsp3) is 1.00. The summed E-state index contributed by atoms with van der Waals surface area (Å²) < 4.78 is 0. The molecule has 1 nitrogen and oxygen atoms in total. The van der Waals surface area contributed by atoms with E-state index in [9.17, 15) is 0 Å². The van der Waals surface area contributed by atoms with Crippen molar-refractivity contribution in [2.24, 2.45) is 17.3 Å². The van der Waals surface area contributed by atoms with Crippen molar-refractivity contribution in [3.05, 3.63) is 0 Å². The fourth-order valence-corrected chi connectivity index (χ4v) is 3.10. The molecule has 1 aliphatic rings. The summed E-state index contributed by atoms with van der Waals surface area (Å²) >= 11 is 0. The first-order chi connectivity index (χ1) is 7.09. The maximum atomic E-state index is 3.53. The van der Waals surface area contributed by atoms with Gasteiger partial charge in [0.1, 0.15) is 0 Å². The van der Waals surface area contributed by atoms with Crippen molar-refractivity contribution in [3.8, 4) is 0 Å². The Morgan fingerprint density at radius 1 is 1.20 bits per heavy atom. The molecule has 0 aromatic carbocycles. The van der Waals surface area contributed by atoms with Crippen molar-refractivity contribution in [2.45, 2.75) is 59.8 Å². The van der Waals surface area contributed by atoms with Crippen molar-refractivity contribution in [1.82, 2.24) is 5.32 Å². The quantitative estimate of drug-likeness (QED) is 0.728. The van der Waals surface area contributed by atoms with E-state index in [1.165, 1.54) is 38.6 Å². The van der Waals surface area contributed by atoms with Crippen LogP contribution in [0.25, 0.3) is 0 Å². The van der Waals surface area contributed by atoms with Crippen molar-refractivity contribution in [3.63, 3.8) is 0 Å². The summed E-state index contributed by atoms with van der Waals surface area (Å²) in [5, 5.41) is 3.53. The normalized spacial score (nSPS) is 30.4. The van der Waals surface area contributed by atoms with Gasteiger partial charge in [0.2, 0.25) is 0 Å². The van der Waals surface area contributed by atoms with Gasteiger partial charge in [0, 0.05) is 0 Å². The van der Waals surface area contributed by atoms with E-state index in [1.54, 1.807) is 0 Å². The Kier molecular flexibility index (Phi) is 5.11. The molecule has 0 aromatic heterocycles. The van der Waals surface area contributed by atoms with Gasteiger partial charge < -0.3 is 5.32 Å². The van der Waals surface area contributed by atoms with E-state index < -0.39 is 0 Å². The molecular formula is C14H29N. The Bertz CT molecular complexity index is 174. The highest BCUT2D eigenvalue weighted by Gasteiger charge is 2.33. The average Bonchev–Trinajstić information content (AvgIpc) is 2.16. The minimum Gasteiger partial charge on any atom is -0.317 e. The van der Waals surface area contributed by atoms with Crippen LogP contribution in [0.2, 0.25) is 0 Å². The Hall–Kier alpha value is -0.0400. The van der Waals surface area contributed by atoms with Crippen molar-refractivity contribution < 1.29 is 0 Å². The van der Waals surface area contributed by atoms with Crippen LogP contribution in [-0.4, -0.2) is 13.1 Å². The number of rotatable bonds is 5. The lowest BCUT2D eigenvalue weighted by atomic mass is 9.66. The monoisotopic (exact) mass is 211 g/mol. The first-order valence-corrected chi connectivity index (χ1v) is 6.79. The second-order valence-electron chi connectivity index (χ2n) is 6.02. The van der Waals surface area contributed by atoms with Crippen molar-refractivity contribution in [1.29, 1.82) is 0 Å². The zero-order chi connectivity index (χ0) is 11.3.